The highest BCUT2D eigenvalue weighted by Crippen LogP contribution is 2.12. The molecule has 1 heterocycles. The summed E-state index contributed by atoms with van der Waals surface area (Å²) in [7, 11) is 0. The van der Waals surface area contributed by atoms with Gasteiger partial charge < -0.3 is 4.74 Å². The fourth-order valence-electron chi connectivity index (χ4n) is 1.23. The summed E-state index contributed by atoms with van der Waals surface area (Å²) in [5.74, 6) is 0.719. The topological polar surface area (TPSA) is 39.2 Å². The minimum Gasteiger partial charge on any atom is -0.489 e. The highest BCUT2D eigenvalue weighted by atomic mass is 16.5. The normalized spacial score (nSPS) is 12.1. The molecule has 0 fully saturated rings. The van der Waals surface area contributed by atoms with Crippen molar-refractivity contribution in [2.45, 2.75) is 32.8 Å². The standard InChI is InChI=1S/C11H15NO2/c1-3-4-9(2)14-11-6-5-10(8-13)12-7-11/h5-9H,3-4H2,1-2H3. The second kappa shape index (κ2) is 5.37. The van der Waals surface area contributed by atoms with Crippen LogP contribution in [0, 0.1) is 0 Å². The maximum absolute atomic E-state index is 10.3. The van der Waals surface area contributed by atoms with E-state index in [4.69, 9.17) is 4.74 Å². The first-order valence-electron chi connectivity index (χ1n) is 4.84. The molecule has 0 saturated heterocycles. The summed E-state index contributed by atoms with van der Waals surface area (Å²) in [6, 6.07) is 3.42. The third-order valence-electron chi connectivity index (χ3n) is 1.91. The first kappa shape index (κ1) is 10.7. The van der Waals surface area contributed by atoms with Crippen LogP contribution >= 0.6 is 0 Å². The zero-order valence-electron chi connectivity index (χ0n) is 8.56. The van der Waals surface area contributed by atoms with E-state index in [1.165, 1.54) is 0 Å². The molecule has 0 amide bonds. The maximum Gasteiger partial charge on any atom is 0.168 e. The summed E-state index contributed by atoms with van der Waals surface area (Å²) >= 11 is 0. The van der Waals surface area contributed by atoms with Crippen LogP contribution in [-0.2, 0) is 0 Å². The minimum absolute atomic E-state index is 0.198. The van der Waals surface area contributed by atoms with E-state index in [-0.39, 0.29) is 6.10 Å². The number of aromatic nitrogens is 1. The Hall–Kier alpha value is -1.38. The Bertz CT molecular complexity index is 282. The number of carbonyl (C=O) groups is 1. The smallest absolute Gasteiger partial charge is 0.168 e. The number of nitrogens with zero attached hydrogens (tertiary/aromatic N) is 1. The van der Waals surface area contributed by atoms with Crippen molar-refractivity contribution in [1.82, 2.24) is 4.98 Å². The molecule has 14 heavy (non-hydrogen) atoms. The van der Waals surface area contributed by atoms with Crippen LogP contribution in [0.3, 0.4) is 0 Å². The van der Waals surface area contributed by atoms with Crippen molar-refractivity contribution in [3.63, 3.8) is 0 Å². The molecular weight excluding hydrogens is 178 g/mol. The summed E-state index contributed by atoms with van der Waals surface area (Å²) < 4.78 is 5.58. The van der Waals surface area contributed by atoms with Gasteiger partial charge in [0.25, 0.3) is 0 Å². The zero-order valence-corrected chi connectivity index (χ0v) is 8.56. The molecule has 0 radical (unpaired) electrons. The second-order valence-corrected chi connectivity index (χ2v) is 3.25. The van der Waals surface area contributed by atoms with E-state index in [9.17, 15) is 4.79 Å². The van der Waals surface area contributed by atoms with Crippen molar-refractivity contribution in [2.24, 2.45) is 0 Å². The van der Waals surface area contributed by atoms with E-state index in [0.29, 0.717) is 5.69 Å². The average Bonchev–Trinajstić information content (AvgIpc) is 2.19. The first-order valence-corrected chi connectivity index (χ1v) is 4.84. The van der Waals surface area contributed by atoms with Crippen LogP contribution in [0.25, 0.3) is 0 Å². The van der Waals surface area contributed by atoms with Gasteiger partial charge in [0.2, 0.25) is 0 Å². The first-order chi connectivity index (χ1) is 6.76. The van der Waals surface area contributed by atoms with Gasteiger partial charge in [0, 0.05) is 0 Å². The molecule has 0 aliphatic carbocycles. The highest BCUT2D eigenvalue weighted by Gasteiger charge is 2.02. The third-order valence-corrected chi connectivity index (χ3v) is 1.91. The molecule has 1 rings (SSSR count). The van der Waals surface area contributed by atoms with Crippen molar-refractivity contribution < 1.29 is 9.53 Å². The van der Waals surface area contributed by atoms with Crippen LogP contribution in [0.15, 0.2) is 18.3 Å². The molecule has 3 nitrogen and oxygen atoms in total. The molecule has 0 bridgehead atoms. The van der Waals surface area contributed by atoms with Gasteiger partial charge in [-0.25, -0.2) is 4.98 Å². The number of carbonyl (C=O) groups excluding carboxylic acids is 1. The number of aldehydes is 1. The minimum atomic E-state index is 0.198. The van der Waals surface area contributed by atoms with E-state index in [2.05, 4.69) is 11.9 Å². The Labute approximate surface area is 84.1 Å². The number of ether oxygens (including phenoxy) is 1. The van der Waals surface area contributed by atoms with Gasteiger partial charge in [0.15, 0.2) is 6.29 Å². The van der Waals surface area contributed by atoms with Crippen molar-refractivity contribution in [3.8, 4) is 5.75 Å². The quantitative estimate of drug-likeness (QED) is 0.674. The molecule has 1 aromatic heterocycles. The molecular formula is C11H15NO2. The van der Waals surface area contributed by atoms with E-state index < -0.39 is 0 Å². The van der Waals surface area contributed by atoms with Gasteiger partial charge in [-0.2, -0.15) is 0 Å². The molecule has 0 aliphatic rings. The lowest BCUT2D eigenvalue weighted by Crippen LogP contribution is -2.11. The summed E-state index contributed by atoms with van der Waals surface area (Å²) in [4.78, 5) is 14.3. The van der Waals surface area contributed by atoms with E-state index in [1.54, 1.807) is 18.3 Å². The maximum atomic E-state index is 10.3. The molecule has 0 aliphatic heterocycles. The molecule has 76 valence electrons. The van der Waals surface area contributed by atoms with Crippen LogP contribution in [-0.4, -0.2) is 17.4 Å². The van der Waals surface area contributed by atoms with E-state index in [0.717, 1.165) is 24.9 Å². The SMILES string of the molecule is CCCC(C)Oc1ccc(C=O)nc1. The molecule has 0 spiro atoms. The lowest BCUT2D eigenvalue weighted by molar-refractivity contribution is 0.111. The lowest BCUT2D eigenvalue weighted by Gasteiger charge is -2.12. The number of rotatable bonds is 5. The predicted molar refractivity (Wildman–Crippen MR) is 54.6 cm³/mol. The number of hydrogen-bond acceptors (Lipinski definition) is 3. The molecule has 1 atom stereocenters. The Morgan fingerprint density at radius 2 is 2.36 bits per heavy atom. The summed E-state index contributed by atoms with van der Waals surface area (Å²) in [5.41, 5.74) is 0.431. The molecule has 0 saturated carbocycles. The molecule has 1 unspecified atom stereocenters. The van der Waals surface area contributed by atoms with Gasteiger partial charge in [0.1, 0.15) is 11.4 Å². The van der Waals surface area contributed by atoms with Gasteiger partial charge in [0.05, 0.1) is 12.3 Å². The fraction of sp³-hybridized carbons (Fsp3) is 0.455. The van der Waals surface area contributed by atoms with Crippen molar-refractivity contribution in [3.05, 3.63) is 24.0 Å². The molecule has 0 aromatic carbocycles. The van der Waals surface area contributed by atoms with Gasteiger partial charge in [-0.1, -0.05) is 13.3 Å². The summed E-state index contributed by atoms with van der Waals surface area (Å²) in [5, 5.41) is 0. The van der Waals surface area contributed by atoms with Crippen LogP contribution in [0.4, 0.5) is 0 Å². The Balaban J connectivity index is 2.55. The van der Waals surface area contributed by atoms with Gasteiger partial charge in [-0.15, -0.1) is 0 Å². The van der Waals surface area contributed by atoms with Crippen LogP contribution in [0.1, 0.15) is 37.2 Å². The Morgan fingerprint density at radius 3 is 2.86 bits per heavy atom. The predicted octanol–water partition coefficient (Wildman–Crippen LogP) is 2.46. The lowest BCUT2D eigenvalue weighted by atomic mass is 10.2. The van der Waals surface area contributed by atoms with Gasteiger partial charge >= 0.3 is 0 Å². The Morgan fingerprint density at radius 1 is 1.57 bits per heavy atom. The molecule has 1 aromatic rings. The largest absolute Gasteiger partial charge is 0.489 e. The van der Waals surface area contributed by atoms with Crippen LogP contribution in [0.5, 0.6) is 5.75 Å². The molecule has 0 N–H and O–H groups in total. The third kappa shape index (κ3) is 3.17. The fourth-order valence-corrected chi connectivity index (χ4v) is 1.23. The van der Waals surface area contributed by atoms with E-state index in [1.807, 2.05) is 6.92 Å². The van der Waals surface area contributed by atoms with Gasteiger partial charge in [-0.3, -0.25) is 4.79 Å². The van der Waals surface area contributed by atoms with E-state index >= 15 is 0 Å². The summed E-state index contributed by atoms with van der Waals surface area (Å²) in [6.07, 6.45) is 4.62. The van der Waals surface area contributed by atoms with Crippen LogP contribution in [0.2, 0.25) is 0 Å². The Kier molecular flexibility index (Phi) is 4.11. The summed E-state index contributed by atoms with van der Waals surface area (Å²) in [6.45, 7) is 4.14. The average molecular weight is 193 g/mol. The van der Waals surface area contributed by atoms with Crippen LogP contribution < -0.4 is 4.74 Å². The number of pyridine rings is 1. The molecule has 3 heteroatoms. The van der Waals surface area contributed by atoms with Crippen molar-refractivity contribution in [1.29, 1.82) is 0 Å². The zero-order chi connectivity index (χ0) is 10.4. The second-order valence-electron chi connectivity index (χ2n) is 3.25. The van der Waals surface area contributed by atoms with Crippen molar-refractivity contribution >= 4 is 6.29 Å². The highest BCUT2D eigenvalue weighted by molar-refractivity contribution is 5.71. The monoisotopic (exact) mass is 193 g/mol. The number of hydrogen-bond donors (Lipinski definition) is 0. The van der Waals surface area contributed by atoms with Crippen molar-refractivity contribution in [2.75, 3.05) is 0 Å². The van der Waals surface area contributed by atoms with Gasteiger partial charge in [-0.05, 0) is 25.5 Å².